The van der Waals surface area contributed by atoms with Crippen LogP contribution in [0.25, 0.3) is 0 Å². The maximum atomic E-state index is 12.3. The van der Waals surface area contributed by atoms with E-state index in [-0.39, 0.29) is 35.6 Å². The van der Waals surface area contributed by atoms with Crippen molar-refractivity contribution in [3.8, 4) is 0 Å². The fourth-order valence-electron chi connectivity index (χ4n) is 2.69. The molecule has 1 aromatic carbocycles. The summed E-state index contributed by atoms with van der Waals surface area (Å²) in [5.41, 5.74) is 0.667. The highest BCUT2D eigenvalue weighted by Crippen LogP contribution is 2.37. The zero-order valence-electron chi connectivity index (χ0n) is 13.8. The number of rotatable bonds is 6. The molecule has 1 N–H and O–H groups in total. The Kier molecular flexibility index (Phi) is 5.81. The van der Waals surface area contributed by atoms with Gasteiger partial charge < -0.3 is 10.0 Å². The molecular weight excluding hydrogens is 310 g/mol. The summed E-state index contributed by atoms with van der Waals surface area (Å²) >= 11 is 0. The number of carbonyl (C=O) groups excluding carboxylic acids is 1. The number of nitro benzene ring substituents is 1. The van der Waals surface area contributed by atoms with Crippen LogP contribution in [0, 0.1) is 10.1 Å². The lowest BCUT2D eigenvalue weighted by Crippen LogP contribution is -2.20. The Labute approximate surface area is 140 Å². The van der Waals surface area contributed by atoms with E-state index >= 15 is 0 Å². The average Bonchev–Trinajstić information content (AvgIpc) is 2.53. The van der Waals surface area contributed by atoms with Gasteiger partial charge in [0, 0.05) is 43.1 Å². The van der Waals surface area contributed by atoms with Crippen LogP contribution in [0.2, 0.25) is 0 Å². The van der Waals surface area contributed by atoms with E-state index in [0.29, 0.717) is 12.1 Å². The highest BCUT2D eigenvalue weighted by Gasteiger charge is 2.31. The second-order valence-electron chi connectivity index (χ2n) is 6.04. The number of aliphatic imine (C=N–C) groups is 1. The molecule has 0 bridgehead atoms. The summed E-state index contributed by atoms with van der Waals surface area (Å²) in [7, 11) is 3.85. The summed E-state index contributed by atoms with van der Waals surface area (Å²) in [4.78, 5) is 29.1. The zero-order valence-corrected chi connectivity index (χ0v) is 13.8. The largest absolute Gasteiger partial charge is 0.511 e. The Morgan fingerprint density at radius 3 is 2.71 bits per heavy atom. The van der Waals surface area contributed by atoms with E-state index in [1.165, 1.54) is 12.3 Å². The lowest BCUT2D eigenvalue weighted by Gasteiger charge is -2.22. The molecule has 0 spiro atoms. The van der Waals surface area contributed by atoms with Crippen LogP contribution in [0.3, 0.4) is 0 Å². The second kappa shape index (κ2) is 7.83. The molecule has 1 aromatic rings. The van der Waals surface area contributed by atoms with Crippen LogP contribution in [0.5, 0.6) is 0 Å². The van der Waals surface area contributed by atoms with Crippen molar-refractivity contribution in [2.24, 2.45) is 4.99 Å². The van der Waals surface area contributed by atoms with Crippen LogP contribution in [0.1, 0.15) is 24.3 Å². The summed E-state index contributed by atoms with van der Waals surface area (Å²) in [6.07, 6.45) is 1.74. The molecule has 1 aliphatic rings. The number of aliphatic hydroxyl groups is 1. The Morgan fingerprint density at radius 2 is 2.08 bits per heavy atom. The fourth-order valence-corrected chi connectivity index (χ4v) is 2.69. The molecule has 128 valence electrons. The SMILES string of the molecule is CN(C)CCN=CC1=C(O)CC(c2ccccc2[N+](=O)[O-])CC1=O. The molecule has 1 aliphatic carbocycles. The summed E-state index contributed by atoms with van der Waals surface area (Å²) in [5.74, 6) is -0.684. The Balaban J connectivity index is 2.18. The number of hydrogen-bond acceptors (Lipinski definition) is 6. The molecule has 7 nitrogen and oxygen atoms in total. The minimum atomic E-state index is -0.460. The van der Waals surface area contributed by atoms with Crippen LogP contribution < -0.4 is 0 Å². The van der Waals surface area contributed by atoms with Gasteiger partial charge in [0.05, 0.1) is 17.0 Å². The molecule has 24 heavy (non-hydrogen) atoms. The molecule has 0 heterocycles. The van der Waals surface area contributed by atoms with E-state index < -0.39 is 10.8 Å². The van der Waals surface area contributed by atoms with Gasteiger partial charge in [-0.05, 0) is 14.1 Å². The number of ketones is 1. The van der Waals surface area contributed by atoms with Crippen molar-refractivity contribution < 1.29 is 14.8 Å². The Hall–Kier alpha value is -2.54. The third-order valence-electron chi connectivity index (χ3n) is 3.95. The predicted molar refractivity (Wildman–Crippen MR) is 91.6 cm³/mol. The average molecular weight is 331 g/mol. The first-order valence-corrected chi connectivity index (χ1v) is 7.73. The summed E-state index contributed by atoms with van der Waals surface area (Å²) in [6.45, 7) is 1.28. The van der Waals surface area contributed by atoms with Gasteiger partial charge in [-0.25, -0.2) is 0 Å². The molecule has 0 saturated carbocycles. The van der Waals surface area contributed by atoms with Gasteiger partial charge in [0.1, 0.15) is 5.76 Å². The predicted octanol–water partition coefficient (Wildman–Crippen LogP) is 2.49. The number of aliphatic hydroxyl groups excluding tert-OH is 1. The quantitative estimate of drug-likeness (QED) is 0.491. The molecule has 0 aromatic heterocycles. The van der Waals surface area contributed by atoms with Gasteiger partial charge in [-0.1, -0.05) is 18.2 Å². The van der Waals surface area contributed by atoms with E-state index in [2.05, 4.69) is 4.99 Å². The van der Waals surface area contributed by atoms with Crippen LogP contribution >= 0.6 is 0 Å². The van der Waals surface area contributed by atoms with Gasteiger partial charge in [-0.15, -0.1) is 0 Å². The van der Waals surface area contributed by atoms with Crippen LogP contribution in [-0.4, -0.2) is 54.1 Å². The van der Waals surface area contributed by atoms with Gasteiger partial charge in [0.15, 0.2) is 5.78 Å². The van der Waals surface area contributed by atoms with Crippen molar-refractivity contribution in [1.29, 1.82) is 0 Å². The van der Waals surface area contributed by atoms with Crippen molar-refractivity contribution in [3.63, 3.8) is 0 Å². The third kappa shape index (κ3) is 4.26. The second-order valence-corrected chi connectivity index (χ2v) is 6.04. The molecule has 0 aliphatic heterocycles. The summed E-state index contributed by atoms with van der Waals surface area (Å²) in [5, 5.41) is 21.3. The normalized spacial score (nSPS) is 18.6. The van der Waals surface area contributed by atoms with Gasteiger partial charge in [0.2, 0.25) is 0 Å². The maximum Gasteiger partial charge on any atom is 0.272 e. The number of nitro groups is 1. The third-order valence-corrected chi connectivity index (χ3v) is 3.95. The minimum Gasteiger partial charge on any atom is -0.511 e. The summed E-state index contributed by atoms with van der Waals surface area (Å²) in [6, 6.07) is 6.34. The number of para-hydroxylation sites is 1. The molecule has 1 atom stereocenters. The van der Waals surface area contributed by atoms with Crippen LogP contribution in [0.4, 0.5) is 5.69 Å². The number of likely N-dealkylation sites (N-methyl/N-ethyl adjacent to an activating group) is 1. The smallest absolute Gasteiger partial charge is 0.272 e. The first-order chi connectivity index (χ1) is 11.4. The number of allylic oxidation sites excluding steroid dienone is 2. The number of Topliss-reactive ketones (excluding diaryl/α,β-unsaturated/α-hetero) is 1. The van der Waals surface area contributed by atoms with Crippen LogP contribution in [-0.2, 0) is 4.79 Å². The molecule has 2 rings (SSSR count). The lowest BCUT2D eigenvalue weighted by molar-refractivity contribution is -0.385. The minimum absolute atomic E-state index is 0.0220. The lowest BCUT2D eigenvalue weighted by atomic mass is 9.82. The monoisotopic (exact) mass is 331 g/mol. The number of hydrogen-bond donors (Lipinski definition) is 1. The van der Waals surface area contributed by atoms with E-state index in [9.17, 15) is 20.0 Å². The van der Waals surface area contributed by atoms with Crippen molar-refractivity contribution >= 4 is 17.7 Å². The molecular formula is C17H21N3O4. The molecule has 0 saturated heterocycles. The van der Waals surface area contributed by atoms with E-state index in [1.807, 2.05) is 19.0 Å². The molecule has 0 fully saturated rings. The molecule has 0 amide bonds. The number of benzene rings is 1. The van der Waals surface area contributed by atoms with Gasteiger partial charge >= 0.3 is 0 Å². The van der Waals surface area contributed by atoms with E-state index in [0.717, 1.165) is 6.54 Å². The summed E-state index contributed by atoms with van der Waals surface area (Å²) < 4.78 is 0. The maximum absolute atomic E-state index is 12.3. The van der Waals surface area contributed by atoms with E-state index in [4.69, 9.17) is 0 Å². The van der Waals surface area contributed by atoms with Crippen molar-refractivity contribution in [2.75, 3.05) is 27.2 Å². The first kappa shape index (κ1) is 17.8. The van der Waals surface area contributed by atoms with Gasteiger partial charge in [-0.2, -0.15) is 0 Å². The highest BCUT2D eigenvalue weighted by atomic mass is 16.6. The number of nitrogens with zero attached hydrogens (tertiary/aromatic N) is 3. The molecule has 1 unspecified atom stereocenters. The van der Waals surface area contributed by atoms with Crippen molar-refractivity contribution in [3.05, 3.63) is 51.3 Å². The fraction of sp³-hybridized carbons (Fsp3) is 0.412. The van der Waals surface area contributed by atoms with Gasteiger partial charge in [0.25, 0.3) is 5.69 Å². The van der Waals surface area contributed by atoms with Gasteiger partial charge in [-0.3, -0.25) is 19.9 Å². The zero-order chi connectivity index (χ0) is 17.7. The van der Waals surface area contributed by atoms with E-state index in [1.54, 1.807) is 18.2 Å². The highest BCUT2D eigenvalue weighted by molar-refractivity contribution is 6.14. The topological polar surface area (TPSA) is 96.0 Å². The van der Waals surface area contributed by atoms with Crippen molar-refractivity contribution in [2.45, 2.75) is 18.8 Å². The van der Waals surface area contributed by atoms with Crippen molar-refractivity contribution in [1.82, 2.24) is 4.90 Å². The standard InChI is InChI=1S/C17H21N3O4/c1-19(2)8-7-18-11-14-16(21)9-12(10-17(14)22)13-5-3-4-6-15(13)20(23)24/h3-6,11-12,21H,7-10H2,1-2H3. The molecule has 0 radical (unpaired) electrons. The number of carbonyl (C=O) groups is 1. The van der Waals surface area contributed by atoms with Crippen LogP contribution in [0.15, 0.2) is 40.6 Å². The Bertz CT molecular complexity index is 695. The first-order valence-electron chi connectivity index (χ1n) is 7.73. The molecule has 7 heteroatoms. The Morgan fingerprint density at radius 1 is 1.38 bits per heavy atom.